The predicted molar refractivity (Wildman–Crippen MR) is 127 cm³/mol. The molecule has 0 bridgehead atoms. The van der Waals surface area contributed by atoms with Crippen LogP contribution < -0.4 is 4.74 Å². The molecule has 4 rings (SSSR count). The summed E-state index contributed by atoms with van der Waals surface area (Å²) >= 11 is 0. The number of hydrogen-bond donors (Lipinski definition) is 0. The second kappa shape index (κ2) is 10.5. The van der Waals surface area contributed by atoms with Crippen molar-refractivity contribution in [2.24, 2.45) is 5.92 Å². The van der Waals surface area contributed by atoms with E-state index < -0.39 is 17.5 Å². The van der Waals surface area contributed by atoms with Crippen LogP contribution in [0.4, 0.5) is 13.2 Å². The number of ether oxygens (including phenoxy) is 1. The maximum absolute atomic E-state index is 15.0. The highest BCUT2D eigenvalue weighted by atomic mass is 19.1. The van der Waals surface area contributed by atoms with E-state index in [0.29, 0.717) is 24.0 Å². The molecule has 1 aliphatic rings. The topological polar surface area (TPSA) is 9.23 Å². The van der Waals surface area contributed by atoms with E-state index in [1.54, 1.807) is 6.92 Å². The first-order valence-corrected chi connectivity index (χ1v) is 11.9. The van der Waals surface area contributed by atoms with Crippen molar-refractivity contribution < 1.29 is 17.9 Å². The molecule has 0 spiro atoms. The molecule has 3 aromatic rings. The predicted octanol–water partition coefficient (Wildman–Crippen LogP) is 8.64. The Morgan fingerprint density at radius 1 is 0.848 bits per heavy atom. The third kappa shape index (κ3) is 5.43. The van der Waals surface area contributed by atoms with E-state index in [1.807, 2.05) is 6.07 Å². The summed E-state index contributed by atoms with van der Waals surface area (Å²) in [4.78, 5) is 0. The summed E-state index contributed by atoms with van der Waals surface area (Å²) in [6.45, 7) is 4.35. The van der Waals surface area contributed by atoms with E-state index in [-0.39, 0.29) is 22.8 Å². The Balaban J connectivity index is 1.43. The lowest BCUT2D eigenvalue weighted by atomic mass is 9.75. The van der Waals surface area contributed by atoms with Crippen molar-refractivity contribution in [3.63, 3.8) is 0 Å². The zero-order valence-electron chi connectivity index (χ0n) is 19.3. The van der Waals surface area contributed by atoms with Crippen molar-refractivity contribution >= 4 is 0 Å². The van der Waals surface area contributed by atoms with Gasteiger partial charge in [0.1, 0.15) is 11.6 Å². The first-order chi connectivity index (χ1) is 16.0. The molecular formula is C29H31F3O. The van der Waals surface area contributed by atoms with Gasteiger partial charge in [0.05, 0.1) is 12.2 Å². The average Bonchev–Trinajstić information content (AvgIpc) is 2.81. The van der Waals surface area contributed by atoms with Gasteiger partial charge in [-0.3, -0.25) is 0 Å². The number of benzene rings is 3. The fraction of sp³-hybridized carbons (Fsp3) is 0.379. The zero-order valence-corrected chi connectivity index (χ0v) is 19.3. The standard InChI is InChI=1S/C29H31F3O/c1-3-33-28-14-13-23(16-25(28)30)29-26(31)17-24(18-27(29)32)22-11-9-20(10-12-22)15-19(2)21-7-5-4-6-8-21/h4-8,13-14,16-20,22H,3,9-12,15H2,1-2H3. The summed E-state index contributed by atoms with van der Waals surface area (Å²) < 4.78 is 49.4. The highest BCUT2D eigenvalue weighted by Crippen LogP contribution is 2.41. The van der Waals surface area contributed by atoms with Crippen LogP contribution in [0.1, 0.15) is 68.9 Å². The van der Waals surface area contributed by atoms with Gasteiger partial charge in [-0.05, 0) is 97.7 Å². The first kappa shape index (κ1) is 23.4. The maximum Gasteiger partial charge on any atom is 0.165 e. The quantitative estimate of drug-likeness (QED) is 0.349. The fourth-order valence-corrected chi connectivity index (χ4v) is 5.18. The normalized spacial score (nSPS) is 19.3. The maximum atomic E-state index is 15.0. The van der Waals surface area contributed by atoms with Gasteiger partial charge in [-0.25, -0.2) is 13.2 Å². The minimum atomic E-state index is -0.645. The molecule has 0 aliphatic heterocycles. The van der Waals surface area contributed by atoms with Gasteiger partial charge in [0.25, 0.3) is 0 Å². The van der Waals surface area contributed by atoms with Crippen molar-refractivity contribution in [1.82, 2.24) is 0 Å². The van der Waals surface area contributed by atoms with Crippen LogP contribution in [0.25, 0.3) is 11.1 Å². The molecule has 0 radical (unpaired) electrons. The second-order valence-corrected chi connectivity index (χ2v) is 9.20. The van der Waals surface area contributed by atoms with Crippen LogP contribution in [0.2, 0.25) is 0 Å². The SMILES string of the molecule is CCOc1ccc(-c2c(F)cc(C3CCC(CC(C)c4ccccc4)CC3)cc2F)cc1F. The second-order valence-electron chi connectivity index (χ2n) is 9.20. The third-order valence-corrected chi connectivity index (χ3v) is 6.96. The van der Waals surface area contributed by atoms with Gasteiger partial charge in [0, 0.05) is 0 Å². The van der Waals surface area contributed by atoms with E-state index in [4.69, 9.17) is 4.74 Å². The molecule has 3 aromatic carbocycles. The molecule has 0 heterocycles. The number of hydrogen-bond acceptors (Lipinski definition) is 1. The lowest BCUT2D eigenvalue weighted by molar-refractivity contribution is 0.296. The molecule has 33 heavy (non-hydrogen) atoms. The zero-order chi connectivity index (χ0) is 23.4. The molecule has 0 saturated heterocycles. The highest BCUT2D eigenvalue weighted by Gasteiger charge is 2.26. The van der Waals surface area contributed by atoms with Gasteiger partial charge >= 0.3 is 0 Å². The van der Waals surface area contributed by atoms with E-state index >= 15 is 0 Å². The molecule has 1 fully saturated rings. The Hall–Kier alpha value is -2.75. The van der Waals surface area contributed by atoms with Crippen molar-refractivity contribution in [2.45, 2.75) is 57.8 Å². The summed E-state index contributed by atoms with van der Waals surface area (Å²) in [5, 5.41) is 0. The summed E-state index contributed by atoms with van der Waals surface area (Å²) in [5.41, 5.74) is 2.06. The molecule has 1 unspecified atom stereocenters. The molecule has 4 heteroatoms. The molecule has 0 amide bonds. The minimum absolute atomic E-state index is 0.0806. The van der Waals surface area contributed by atoms with Crippen LogP contribution in [0.15, 0.2) is 60.7 Å². The first-order valence-electron chi connectivity index (χ1n) is 11.9. The van der Waals surface area contributed by atoms with Crippen LogP contribution in [-0.4, -0.2) is 6.61 Å². The molecule has 0 N–H and O–H groups in total. The van der Waals surface area contributed by atoms with Crippen LogP contribution in [0.3, 0.4) is 0 Å². The molecular weight excluding hydrogens is 421 g/mol. The van der Waals surface area contributed by atoms with E-state index in [0.717, 1.165) is 38.2 Å². The number of rotatable bonds is 7. The van der Waals surface area contributed by atoms with E-state index in [2.05, 4.69) is 31.2 Å². The van der Waals surface area contributed by atoms with Crippen LogP contribution in [0, 0.1) is 23.4 Å². The highest BCUT2D eigenvalue weighted by molar-refractivity contribution is 5.66. The molecule has 0 aromatic heterocycles. The number of halogens is 3. The van der Waals surface area contributed by atoms with Gasteiger partial charge in [0.15, 0.2) is 11.6 Å². The van der Waals surface area contributed by atoms with Gasteiger partial charge in [-0.2, -0.15) is 0 Å². The summed E-state index contributed by atoms with van der Waals surface area (Å²) in [7, 11) is 0. The van der Waals surface area contributed by atoms with Gasteiger partial charge < -0.3 is 4.74 Å². The third-order valence-electron chi connectivity index (χ3n) is 6.96. The average molecular weight is 453 g/mol. The molecule has 174 valence electrons. The molecule has 1 aliphatic carbocycles. The van der Waals surface area contributed by atoms with Crippen LogP contribution in [0.5, 0.6) is 5.75 Å². The largest absolute Gasteiger partial charge is 0.491 e. The Morgan fingerprint density at radius 2 is 1.52 bits per heavy atom. The monoisotopic (exact) mass is 452 g/mol. The summed E-state index contributed by atoms with van der Waals surface area (Å²) in [6, 6.07) is 17.5. The van der Waals surface area contributed by atoms with Crippen LogP contribution >= 0.6 is 0 Å². The minimum Gasteiger partial charge on any atom is -0.491 e. The Labute approximate surface area is 194 Å². The van der Waals surface area contributed by atoms with E-state index in [1.165, 1.54) is 29.8 Å². The summed E-state index contributed by atoms with van der Waals surface area (Å²) in [6.07, 6.45) is 5.14. The molecule has 1 nitrogen and oxygen atoms in total. The van der Waals surface area contributed by atoms with E-state index in [9.17, 15) is 13.2 Å². The molecule has 1 atom stereocenters. The Bertz CT molecular complexity index is 1050. The Kier molecular flexibility index (Phi) is 7.42. The summed E-state index contributed by atoms with van der Waals surface area (Å²) in [5.74, 6) is -0.531. The van der Waals surface area contributed by atoms with Crippen molar-refractivity contribution in [3.05, 3.63) is 89.2 Å². The van der Waals surface area contributed by atoms with Gasteiger partial charge in [-0.1, -0.05) is 43.3 Å². The lowest BCUT2D eigenvalue weighted by Gasteiger charge is -2.30. The smallest absolute Gasteiger partial charge is 0.165 e. The van der Waals surface area contributed by atoms with Crippen molar-refractivity contribution in [3.8, 4) is 16.9 Å². The van der Waals surface area contributed by atoms with Crippen LogP contribution in [-0.2, 0) is 0 Å². The van der Waals surface area contributed by atoms with Crippen molar-refractivity contribution in [1.29, 1.82) is 0 Å². The van der Waals surface area contributed by atoms with Gasteiger partial charge in [-0.15, -0.1) is 0 Å². The Morgan fingerprint density at radius 3 is 2.12 bits per heavy atom. The molecule has 1 saturated carbocycles. The fourth-order valence-electron chi connectivity index (χ4n) is 5.18. The van der Waals surface area contributed by atoms with Gasteiger partial charge in [0.2, 0.25) is 0 Å². The van der Waals surface area contributed by atoms with Crippen molar-refractivity contribution in [2.75, 3.05) is 6.61 Å². The lowest BCUT2D eigenvalue weighted by Crippen LogP contribution is -2.15.